The highest BCUT2D eigenvalue weighted by Gasteiger charge is 2.04. The molecule has 96 valence electrons. The molecule has 0 amide bonds. The molecule has 0 aliphatic carbocycles. The molecular weight excluding hydrogens is 232 g/mol. The highest BCUT2D eigenvalue weighted by molar-refractivity contribution is 5.27. The molecule has 6 heteroatoms. The van der Waals surface area contributed by atoms with E-state index in [-0.39, 0.29) is 0 Å². The van der Waals surface area contributed by atoms with E-state index in [2.05, 4.69) is 20.3 Å². The summed E-state index contributed by atoms with van der Waals surface area (Å²) in [6.45, 7) is 4.96. The summed E-state index contributed by atoms with van der Waals surface area (Å²) in [4.78, 5) is 12.4. The highest BCUT2D eigenvalue weighted by atomic mass is 16.5. The molecular formula is C12H16N4O2. The van der Waals surface area contributed by atoms with Crippen molar-refractivity contribution in [3.63, 3.8) is 0 Å². The molecule has 2 rings (SSSR count). The number of aromatic nitrogens is 3. The summed E-state index contributed by atoms with van der Waals surface area (Å²) in [5, 5.41) is 3.04. The van der Waals surface area contributed by atoms with Crippen LogP contribution in [0.5, 0.6) is 5.88 Å². The fraction of sp³-hybridized carbons (Fsp3) is 0.417. The molecule has 0 spiro atoms. The second kappa shape index (κ2) is 6.00. The van der Waals surface area contributed by atoms with Crippen LogP contribution >= 0.6 is 0 Å². The van der Waals surface area contributed by atoms with Crippen LogP contribution in [0.3, 0.4) is 0 Å². The van der Waals surface area contributed by atoms with Crippen LogP contribution in [0.4, 0.5) is 5.95 Å². The maximum absolute atomic E-state index is 5.47. The van der Waals surface area contributed by atoms with Crippen LogP contribution < -0.4 is 10.1 Å². The van der Waals surface area contributed by atoms with E-state index < -0.39 is 0 Å². The zero-order chi connectivity index (χ0) is 12.8. The lowest BCUT2D eigenvalue weighted by molar-refractivity contribution is 0.326. The van der Waals surface area contributed by atoms with Crippen LogP contribution in [0.25, 0.3) is 0 Å². The topological polar surface area (TPSA) is 73.1 Å². The van der Waals surface area contributed by atoms with Gasteiger partial charge < -0.3 is 14.5 Å². The first-order valence-electron chi connectivity index (χ1n) is 5.95. The third kappa shape index (κ3) is 3.19. The molecule has 0 unspecified atom stereocenters. The largest absolute Gasteiger partial charge is 0.478 e. The Kier molecular flexibility index (Phi) is 4.11. The second-order valence-electron chi connectivity index (χ2n) is 3.58. The van der Waals surface area contributed by atoms with E-state index in [9.17, 15) is 0 Å². The number of anilines is 1. The SMILES string of the molecule is CCOc1ccnc(NCc2ncc(CC)o2)n1. The van der Waals surface area contributed by atoms with Gasteiger partial charge in [-0.15, -0.1) is 0 Å². The van der Waals surface area contributed by atoms with Crippen molar-refractivity contribution in [2.75, 3.05) is 11.9 Å². The number of nitrogens with one attached hydrogen (secondary N) is 1. The predicted octanol–water partition coefficient (Wildman–Crippen LogP) is 2.04. The van der Waals surface area contributed by atoms with Crippen molar-refractivity contribution in [1.82, 2.24) is 15.0 Å². The molecule has 1 N–H and O–H groups in total. The summed E-state index contributed by atoms with van der Waals surface area (Å²) in [6, 6.07) is 1.72. The molecule has 0 aromatic carbocycles. The van der Waals surface area contributed by atoms with Crippen LogP contribution in [-0.2, 0) is 13.0 Å². The monoisotopic (exact) mass is 248 g/mol. The minimum absolute atomic E-state index is 0.454. The minimum Gasteiger partial charge on any atom is -0.478 e. The van der Waals surface area contributed by atoms with E-state index in [0.717, 1.165) is 12.2 Å². The molecule has 18 heavy (non-hydrogen) atoms. The van der Waals surface area contributed by atoms with Gasteiger partial charge in [-0.25, -0.2) is 9.97 Å². The van der Waals surface area contributed by atoms with Gasteiger partial charge in [0.25, 0.3) is 0 Å². The van der Waals surface area contributed by atoms with Crippen LogP contribution in [0.1, 0.15) is 25.5 Å². The molecule has 0 saturated heterocycles. The molecule has 0 aliphatic rings. The zero-order valence-corrected chi connectivity index (χ0v) is 10.5. The van der Waals surface area contributed by atoms with E-state index in [1.807, 2.05) is 13.8 Å². The maximum Gasteiger partial charge on any atom is 0.226 e. The van der Waals surface area contributed by atoms with Gasteiger partial charge in [-0.2, -0.15) is 4.98 Å². The predicted molar refractivity (Wildman–Crippen MR) is 66.4 cm³/mol. The van der Waals surface area contributed by atoms with Crippen molar-refractivity contribution < 1.29 is 9.15 Å². The molecule has 0 saturated carbocycles. The summed E-state index contributed by atoms with van der Waals surface area (Å²) in [5.41, 5.74) is 0. The summed E-state index contributed by atoms with van der Waals surface area (Å²) in [5.74, 6) is 2.54. The van der Waals surface area contributed by atoms with Gasteiger partial charge >= 0.3 is 0 Å². The van der Waals surface area contributed by atoms with Gasteiger partial charge in [0.1, 0.15) is 5.76 Å². The molecule has 0 bridgehead atoms. The summed E-state index contributed by atoms with van der Waals surface area (Å²) >= 11 is 0. The van der Waals surface area contributed by atoms with Crippen LogP contribution in [0.2, 0.25) is 0 Å². The Labute approximate surface area is 105 Å². The lowest BCUT2D eigenvalue weighted by atomic mass is 10.4. The number of ether oxygens (including phenoxy) is 1. The first kappa shape index (κ1) is 12.3. The lowest BCUT2D eigenvalue weighted by Crippen LogP contribution is -2.05. The van der Waals surface area contributed by atoms with Gasteiger partial charge in [-0.3, -0.25) is 0 Å². The molecule has 0 fully saturated rings. The van der Waals surface area contributed by atoms with Crippen molar-refractivity contribution >= 4 is 5.95 Å². The van der Waals surface area contributed by atoms with Gasteiger partial charge in [0, 0.05) is 18.7 Å². The number of hydrogen-bond acceptors (Lipinski definition) is 6. The van der Waals surface area contributed by atoms with Crippen molar-refractivity contribution in [2.45, 2.75) is 26.8 Å². The van der Waals surface area contributed by atoms with Crippen molar-refractivity contribution in [3.8, 4) is 5.88 Å². The maximum atomic E-state index is 5.47. The molecule has 2 aromatic rings. The van der Waals surface area contributed by atoms with Gasteiger partial charge in [0.2, 0.25) is 17.7 Å². The Bertz CT molecular complexity index is 498. The summed E-state index contributed by atoms with van der Waals surface area (Å²) in [6.07, 6.45) is 4.21. The van der Waals surface area contributed by atoms with Gasteiger partial charge in [0.15, 0.2) is 0 Å². The standard InChI is InChI=1S/C12H16N4O2/c1-3-9-7-14-11(18-9)8-15-12-13-6-5-10(16-12)17-4-2/h5-7H,3-4,8H2,1-2H3,(H,13,15,16). The van der Waals surface area contributed by atoms with Gasteiger partial charge in [-0.1, -0.05) is 6.92 Å². The van der Waals surface area contributed by atoms with Crippen LogP contribution in [0, 0.1) is 0 Å². The van der Waals surface area contributed by atoms with Crippen molar-refractivity contribution in [1.29, 1.82) is 0 Å². The average Bonchev–Trinajstić information content (AvgIpc) is 2.85. The van der Waals surface area contributed by atoms with E-state index >= 15 is 0 Å². The van der Waals surface area contributed by atoms with Crippen LogP contribution in [0.15, 0.2) is 22.9 Å². The Morgan fingerprint density at radius 2 is 2.22 bits per heavy atom. The average molecular weight is 248 g/mol. The molecule has 2 aromatic heterocycles. The molecule has 6 nitrogen and oxygen atoms in total. The fourth-order valence-electron chi connectivity index (χ4n) is 1.40. The van der Waals surface area contributed by atoms with E-state index in [1.54, 1.807) is 18.5 Å². The minimum atomic E-state index is 0.454. The lowest BCUT2D eigenvalue weighted by Gasteiger charge is -2.04. The summed E-state index contributed by atoms with van der Waals surface area (Å²) < 4.78 is 10.8. The molecule has 2 heterocycles. The Morgan fingerprint density at radius 1 is 1.33 bits per heavy atom. The number of nitrogens with zero attached hydrogens (tertiary/aromatic N) is 3. The normalized spacial score (nSPS) is 10.3. The molecule has 0 radical (unpaired) electrons. The van der Waals surface area contributed by atoms with Gasteiger partial charge in [0.05, 0.1) is 19.3 Å². The highest BCUT2D eigenvalue weighted by Crippen LogP contribution is 2.10. The molecule has 0 aliphatic heterocycles. The van der Waals surface area contributed by atoms with E-state index in [4.69, 9.17) is 9.15 Å². The number of aryl methyl sites for hydroxylation is 1. The third-order valence-electron chi connectivity index (χ3n) is 2.27. The van der Waals surface area contributed by atoms with E-state index in [0.29, 0.717) is 30.9 Å². The Morgan fingerprint density at radius 3 is 2.94 bits per heavy atom. The second-order valence-corrected chi connectivity index (χ2v) is 3.58. The van der Waals surface area contributed by atoms with Crippen molar-refractivity contribution in [2.24, 2.45) is 0 Å². The fourth-order valence-corrected chi connectivity index (χ4v) is 1.40. The zero-order valence-electron chi connectivity index (χ0n) is 10.5. The number of oxazole rings is 1. The van der Waals surface area contributed by atoms with Gasteiger partial charge in [-0.05, 0) is 6.92 Å². The Hall–Kier alpha value is -2.11. The first-order chi connectivity index (χ1) is 8.81. The number of rotatable bonds is 6. The summed E-state index contributed by atoms with van der Waals surface area (Å²) in [7, 11) is 0. The van der Waals surface area contributed by atoms with Crippen LogP contribution in [-0.4, -0.2) is 21.6 Å². The first-order valence-corrected chi connectivity index (χ1v) is 5.95. The number of hydrogen-bond donors (Lipinski definition) is 1. The van der Waals surface area contributed by atoms with Crippen molar-refractivity contribution in [3.05, 3.63) is 30.1 Å². The van der Waals surface area contributed by atoms with E-state index in [1.165, 1.54) is 0 Å². The third-order valence-corrected chi connectivity index (χ3v) is 2.27. The Balaban J connectivity index is 1.94. The molecule has 0 atom stereocenters. The smallest absolute Gasteiger partial charge is 0.226 e. The quantitative estimate of drug-likeness (QED) is 0.843.